The monoisotopic (exact) mass is 277 g/mol. The van der Waals surface area contributed by atoms with Gasteiger partial charge in [0.15, 0.2) is 5.01 Å². The molecule has 0 amide bonds. The summed E-state index contributed by atoms with van der Waals surface area (Å²) in [5, 5.41) is 13.0. The molecule has 2 rings (SSSR count). The van der Waals surface area contributed by atoms with Gasteiger partial charge in [0.05, 0.1) is 0 Å². The molecule has 102 valence electrons. The molecule has 0 bridgehead atoms. The van der Waals surface area contributed by atoms with Crippen LogP contribution in [-0.2, 0) is 13.0 Å². The van der Waals surface area contributed by atoms with Gasteiger partial charge in [0.25, 0.3) is 0 Å². The van der Waals surface area contributed by atoms with Crippen LogP contribution < -0.4 is 10.1 Å². The smallest absolute Gasteiger partial charge is 0.205 e. The SMILES string of the molecule is CCCc1ccc(OCc2nnc(NCC)s2)cc1. The summed E-state index contributed by atoms with van der Waals surface area (Å²) in [4.78, 5) is 0. The van der Waals surface area contributed by atoms with Gasteiger partial charge in [0, 0.05) is 6.54 Å². The van der Waals surface area contributed by atoms with E-state index in [2.05, 4.69) is 34.6 Å². The normalized spacial score (nSPS) is 10.4. The van der Waals surface area contributed by atoms with Crippen molar-refractivity contribution in [3.05, 3.63) is 34.8 Å². The first-order chi connectivity index (χ1) is 9.31. The van der Waals surface area contributed by atoms with Crippen molar-refractivity contribution in [2.24, 2.45) is 0 Å². The van der Waals surface area contributed by atoms with Crippen LogP contribution in [0.2, 0.25) is 0 Å². The number of hydrogen-bond acceptors (Lipinski definition) is 5. The molecule has 1 aromatic carbocycles. The fourth-order valence-electron chi connectivity index (χ4n) is 1.72. The Morgan fingerprint density at radius 1 is 1.16 bits per heavy atom. The summed E-state index contributed by atoms with van der Waals surface area (Å²) in [5.41, 5.74) is 1.35. The molecule has 1 aromatic heterocycles. The Bertz CT molecular complexity index is 496. The lowest BCUT2D eigenvalue weighted by atomic mass is 10.1. The molecule has 0 radical (unpaired) electrons. The van der Waals surface area contributed by atoms with Gasteiger partial charge in [-0.15, -0.1) is 10.2 Å². The third kappa shape index (κ3) is 4.21. The molecule has 0 aliphatic carbocycles. The topological polar surface area (TPSA) is 47.0 Å². The fourth-order valence-corrected chi connectivity index (χ4v) is 2.44. The summed E-state index contributed by atoms with van der Waals surface area (Å²) in [7, 11) is 0. The van der Waals surface area contributed by atoms with E-state index >= 15 is 0 Å². The van der Waals surface area contributed by atoms with E-state index in [1.54, 1.807) is 0 Å². The molecule has 19 heavy (non-hydrogen) atoms. The van der Waals surface area contributed by atoms with Crippen molar-refractivity contribution in [2.75, 3.05) is 11.9 Å². The van der Waals surface area contributed by atoms with Crippen LogP contribution in [0.3, 0.4) is 0 Å². The van der Waals surface area contributed by atoms with Gasteiger partial charge in [0.1, 0.15) is 12.4 Å². The van der Waals surface area contributed by atoms with E-state index in [9.17, 15) is 0 Å². The predicted octanol–water partition coefficient (Wildman–Crippen LogP) is 3.50. The molecule has 0 saturated heterocycles. The number of nitrogens with one attached hydrogen (secondary N) is 1. The summed E-state index contributed by atoms with van der Waals surface area (Å²) in [6.45, 7) is 5.54. The largest absolute Gasteiger partial charge is 0.486 e. The molecule has 1 N–H and O–H groups in total. The van der Waals surface area contributed by atoms with Crippen molar-refractivity contribution in [3.8, 4) is 5.75 Å². The van der Waals surface area contributed by atoms with Crippen LogP contribution in [0.1, 0.15) is 30.8 Å². The molecule has 0 atom stereocenters. The number of rotatable bonds is 7. The molecule has 0 unspecified atom stereocenters. The fraction of sp³-hybridized carbons (Fsp3) is 0.429. The maximum absolute atomic E-state index is 5.70. The van der Waals surface area contributed by atoms with Gasteiger partial charge in [-0.1, -0.05) is 36.8 Å². The molecule has 0 aliphatic heterocycles. The van der Waals surface area contributed by atoms with Gasteiger partial charge < -0.3 is 10.1 Å². The third-order valence-electron chi connectivity index (χ3n) is 2.62. The molecule has 0 aliphatic rings. The summed E-state index contributed by atoms with van der Waals surface area (Å²) in [6.07, 6.45) is 2.28. The lowest BCUT2D eigenvalue weighted by Gasteiger charge is -2.04. The second-order valence-corrected chi connectivity index (χ2v) is 5.28. The van der Waals surface area contributed by atoms with Crippen LogP contribution >= 0.6 is 11.3 Å². The third-order valence-corrected chi connectivity index (χ3v) is 3.47. The average molecular weight is 277 g/mol. The van der Waals surface area contributed by atoms with Gasteiger partial charge in [0.2, 0.25) is 5.13 Å². The minimum absolute atomic E-state index is 0.468. The van der Waals surface area contributed by atoms with Crippen LogP contribution in [0, 0.1) is 0 Å². The minimum Gasteiger partial charge on any atom is -0.486 e. The van der Waals surface area contributed by atoms with E-state index in [1.165, 1.54) is 16.9 Å². The summed E-state index contributed by atoms with van der Waals surface area (Å²) in [5.74, 6) is 0.875. The van der Waals surface area contributed by atoms with E-state index in [0.717, 1.165) is 35.3 Å². The molecule has 0 fully saturated rings. The maximum Gasteiger partial charge on any atom is 0.205 e. The van der Waals surface area contributed by atoms with Crippen molar-refractivity contribution in [2.45, 2.75) is 33.3 Å². The Morgan fingerprint density at radius 3 is 2.63 bits per heavy atom. The Hall–Kier alpha value is -1.62. The van der Waals surface area contributed by atoms with Gasteiger partial charge in [-0.25, -0.2) is 0 Å². The molecular formula is C14H19N3OS. The number of aromatic nitrogens is 2. The number of ether oxygens (including phenoxy) is 1. The van der Waals surface area contributed by atoms with Crippen molar-refractivity contribution in [1.29, 1.82) is 0 Å². The number of anilines is 1. The van der Waals surface area contributed by atoms with Gasteiger partial charge in [-0.05, 0) is 31.0 Å². The summed E-state index contributed by atoms with van der Waals surface area (Å²) < 4.78 is 5.70. The van der Waals surface area contributed by atoms with Crippen LogP contribution in [0.5, 0.6) is 5.75 Å². The van der Waals surface area contributed by atoms with E-state index in [4.69, 9.17) is 4.74 Å². The zero-order chi connectivity index (χ0) is 13.5. The highest BCUT2D eigenvalue weighted by Crippen LogP contribution is 2.18. The zero-order valence-electron chi connectivity index (χ0n) is 11.3. The van der Waals surface area contributed by atoms with Crippen LogP contribution in [0.25, 0.3) is 0 Å². The highest BCUT2D eigenvalue weighted by molar-refractivity contribution is 7.15. The predicted molar refractivity (Wildman–Crippen MR) is 78.8 cm³/mol. The van der Waals surface area contributed by atoms with Crippen molar-refractivity contribution in [3.63, 3.8) is 0 Å². The van der Waals surface area contributed by atoms with E-state index < -0.39 is 0 Å². The van der Waals surface area contributed by atoms with Crippen LogP contribution in [0.15, 0.2) is 24.3 Å². The number of hydrogen-bond donors (Lipinski definition) is 1. The number of nitrogens with zero attached hydrogens (tertiary/aromatic N) is 2. The van der Waals surface area contributed by atoms with Crippen LogP contribution in [0.4, 0.5) is 5.13 Å². The number of benzene rings is 1. The molecule has 0 saturated carbocycles. The van der Waals surface area contributed by atoms with E-state index in [0.29, 0.717) is 6.61 Å². The molecule has 0 spiro atoms. The Morgan fingerprint density at radius 2 is 1.95 bits per heavy atom. The lowest BCUT2D eigenvalue weighted by molar-refractivity contribution is 0.304. The summed E-state index contributed by atoms with van der Waals surface area (Å²) >= 11 is 1.53. The van der Waals surface area contributed by atoms with Crippen molar-refractivity contribution in [1.82, 2.24) is 10.2 Å². The first kappa shape index (κ1) is 13.8. The number of aryl methyl sites for hydroxylation is 1. The Labute approximate surface area is 117 Å². The lowest BCUT2D eigenvalue weighted by Crippen LogP contribution is -1.95. The highest BCUT2D eigenvalue weighted by Gasteiger charge is 2.04. The highest BCUT2D eigenvalue weighted by atomic mass is 32.1. The van der Waals surface area contributed by atoms with Crippen molar-refractivity contribution >= 4 is 16.5 Å². The van der Waals surface area contributed by atoms with Gasteiger partial charge >= 0.3 is 0 Å². The minimum atomic E-state index is 0.468. The van der Waals surface area contributed by atoms with Crippen molar-refractivity contribution < 1.29 is 4.74 Å². The first-order valence-corrected chi connectivity index (χ1v) is 7.41. The second-order valence-electron chi connectivity index (χ2n) is 4.21. The zero-order valence-corrected chi connectivity index (χ0v) is 12.2. The average Bonchev–Trinajstić information content (AvgIpc) is 2.87. The summed E-state index contributed by atoms with van der Waals surface area (Å²) in [6, 6.07) is 8.25. The van der Waals surface area contributed by atoms with E-state index in [1.807, 2.05) is 19.1 Å². The van der Waals surface area contributed by atoms with E-state index in [-0.39, 0.29) is 0 Å². The maximum atomic E-state index is 5.70. The van der Waals surface area contributed by atoms with Crippen LogP contribution in [-0.4, -0.2) is 16.7 Å². The molecular weight excluding hydrogens is 258 g/mol. The molecule has 4 nitrogen and oxygen atoms in total. The van der Waals surface area contributed by atoms with Gasteiger partial charge in [-0.2, -0.15) is 0 Å². The Kier molecular flexibility index (Phi) is 5.15. The quantitative estimate of drug-likeness (QED) is 0.841. The Balaban J connectivity index is 1.86. The molecule has 1 heterocycles. The molecule has 5 heteroatoms. The second kappa shape index (κ2) is 7.09. The molecule has 2 aromatic rings. The van der Waals surface area contributed by atoms with Gasteiger partial charge in [-0.3, -0.25) is 0 Å². The standard InChI is InChI=1S/C14H19N3OS/c1-3-5-11-6-8-12(9-7-11)18-10-13-16-17-14(19-13)15-4-2/h6-9H,3-5,10H2,1-2H3,(H,15,17). The first-order valence-electron chi connectivity index (χ1n) is 6.59.